The molecule has 0 amide bonds. The van der Waals surface area contributed by atoms with Gasteiger partial charge in [0.15, 0.2) is 0 Å². The minimum atomic E-state index is -0.514. The summed E-state index contributed by atoms with van der Waals surface area (Å²) in [5.41, 5.74) is 0.447. The van der Waals surface area contributed by atoms with Crippen LogP contribution in [-0.2, 0) is 6.61 Å². The maximum atomic E-state index is 10.9. The van der Waals surface area contributed by atoms with Gasteiger partial charge in [-0.05, 0) is 18.2 Å². The summed E-state index contributed by atoms with van der Waals surface area (Å²) < 4.78 is 10.5. The van der Waals surface area contributed by atoms with Crippen molar-refractivity contribution in [3.63, 3.8) is 0 Å². The van der Waals surface area contributed by atoms with Gasteiger partial charge in [-0.2, -0.15) is 0 Å². The van der Waals surface area contributed by atoms with Crippen molar-refractivity contribution in [2.24, 2.45) is 0 Å². The molecule has 0 aliphatic heterocycles. The van der Waals surface area contributed by atoms with E-state index in [4.69, 9.17) is 21.1 Å². The second-order valence-electron chi connectivity index (χ2n) is 3.83. The highest BCUT2D eigenvalue weighted by molar-refractivity contribution is 6.29. The van der Waals surface area contributed by atoms with Crippen molar-refractivity contribution in [2.75, 3.05) is 7.11 Å². The fourth-order valence-corrected chi connectivity index (χ4v) is 1.75. The zero-order valence-electron chi connectivity index (χ0n) is 10.6. The lowest BCUT2D eigenvalue weighted by molar-refractivity contribution is -0.386. The Hall–Kier alpha value is -2.34. The van der Waals surface area contributed by atoms with Gasteiger partial charge in [-0.1, -0.05) is 17.7 Å². The second-order valence-corrected chi connectivity index (χ2v) is 4.22. The van der Waals surface area contributed by atoms with Gasteiger partial charge in [0, 0.05) is 12.1 Å². The number of benzene rings is 1. The van der Waals surface area contributed by atoms with E-state index in [9.17, 15) is 10.1 Å². The van der Waals surface area contributed by atoms with Crippen molar-refractivity contribution in [3.05, 3.63) is 57.4 Å². The lowest BCUT2D eigenvalue weighted by Gasteiger charge is -2.08. The summed E-state index contributed by atoms with van der Waals surface area (Å²) in [6, 6.07) is 9.38. The number of aromatic nitrogens is 1. The number of pyridine rings is 1. The van der Waals surface area contributed by atoms with E-state index in [0.717, 1.165) is 0 Å². The van der Waals surface area contributed by atoms with E-state index in [0.29, 0.717) is 16.6 Å². The molecule has 0 N–H and O–H groups in total. The lowest BCUT2D eigenvalue weighted by atomic mass is 10.3. The van der Waals surface area contributed by atoms with Gasteiger partial charge in [-0.15, -0.1) is 0 Å². The Bertz CT molecular complexity index is 634. The Labute approximate surface area is 120 Å². The maximum absolute atomic E-state index is 10.9. The predicted octanol–water partition coefficient (Wildman–Crippen LogP) is 3.23. The largest absolute Gasteiger partial charge is 0.497 e. The molecule has 0 aliphatic rings. The number of nitrogens with zero attached hydrogens (tertiary/aromatic N) is 2. The third kappa shape index (κ3) is 3.36. The summed E-state index contributed by atoms with van der Waals surface area (Å²) in [7, 11) is 1.48. The van der Waals surface area contributed by atoms with Crippen molar-refractivity contribution in [1.29, 1.82) is 0 Å². The minimum absolute atomic E-state index is 0.0779. The molecule has 104 valence electrons. The molecule has 0 aliphatic carbocycles. The van der Waals surface area contributed by atoms with Crippen LogP contribution in [0.4, 0.5) is 5.69 Å². The molecular weight excluding hydrogens is 284 g/mol. The van der Waals surface area contributed by atoms with Gasteiger partial charge in [-0.3, -0.25) is 10.1 Å². The van der Waals surface area contributed by atoms with Crippen LogP contribution in [0.15, 0.2) is 36.4 Å². The van der Waals surface area contributed by atoms with E-state index in [-0.39, 0.29) is 18.0 Å². The standard InChI is InChI=1S/C13H11ClN2O4/c1-19-10-5-6-11(16(17)18)12(7-10)20-8-9-3-2-4-13(14)15-9/h2-7H,8H2,1H3. The van der Waals surface area contributed by atoms with Crippen LogP contribution < -0.4 is 9.47 Å². The zero-order valence-corrected chi connectivity index (χ0v) is 11.3. The Morgan fingerprint density at radius 3 is 2.80 bits per heavy atom. The number of hydrogen-bond acceptors (Lipinski definition) is 5. The Morgan fingerprint density at radius 2 is 2.15 bits per heavy atom. The van der Waals surface area contributed by atoms with Crippen molar-refractivity contribution in [2.45, 2.75) is 6.61 Å². The summed E-state index contributed by atoms with van der Waals surface area (Å²) in [5.74, 6) is 0.598. The van der Waals surface area contributed by atoms with Gasteiger partial charge in [-0.25, -0.2) is 4.98 Å². The summed E-state index contributed by atoms with van der Waals surface area (Å²) in [6.07, 6.45) is 0. The predicted molar refractivity (Wildman–Crippen MR) is 73.2 cm³/mol. The van der Waals surface area contributed by atoms with Crippen LogP contribution in [0.25, 0.3) is 0 Å². The van der Waals surface area contributed by atoms with Gasteiger partial charge >= 0.3 is 5.69 Å². The molecule has 1 aromatic carbocycles. The molecule has 20 heavy (non-hydrogen) atoms. The number of rotatable bonds is 5. The smallest absolute Gasteiger partial charge is 0.311 e. The highest BCUT2D eigenvalue weighted by atomic mass is 35.5. The van der Waals surface area contributed by atoms with Crippen LogP contribution in [-0.4, -0.2) is 17.0 Å². The third-order valence-corrected chi connectivity index (χ3v) is 2.72. The summed E-state index contributed by atoms with van der Waals surface area (Å²) in [6.45, 7) is 0.0779. The summed E-state index contributed by atoms with van der Waals surface area (Å²) in [4.78, 5) is 14.5. The number of nitro groups is 1. The number of halogens is 1. The lowest BCUT2D eigenvalue weighted by Crippen LogP contribution is -2.01. The van der Waals surface area contributed by atoms with Crippen LogP contribution in [0.3, 0.4) is 0 Å². The van der Waals surface area contributed by atoms with Crippen LogP contribution in [0.5, 0.6) is 11.5 Å². The van der Waals surface area contributed by atoms with Crippen LogP contribution in [0.2, 0.25) is 5.15 Å². The van der Waals surface area contributed by atoms with Crippen LogP contribution in [0, 0.1) is 10.1 Å². The van der Waals surface area contributed by atoms with E-state index in [1.165, 1.54) is 25.3 Å². The normalized spacial score (nSPS) is 10.1. The number of ether oxygens (including phenoxy) is 2. The highest BCUT2D eigenvalue weighted by Gasteiger charge is 2.16. The van der Waals surface area contributed by atoms with E-state index in [1.807, 2.05) is 0 Å². The molecule has 6 nitrogen and oxygen atoms in total. The van der Waals surface area contributed by atoms with E-state index in [1.54, 1.807) is 18.2 Å². The first-order valence-corrected chi connectivity index (χ1v) is 6.04. The first-order chi connectivity index (χ1) is 9.60. The van der Waals surface area contributed by atoms with Crippen molar-refractivity contribution >= 4 is 17.3 Å². The van der Waals surface area contributed by atoms with Crippen molar-refractivity contribution in [1.82, 2.24) is 4.98 Å². The van der Waals surface area contributed by atoms with Crippen LogP contribution >= 0.6 is 11.6 Å². The molecule has 0 bridgehead atoms. The zero-order chi connectivity index (χ0) is 14.5. The molecule has 7 heteroatoms. The first kappa shape index (κ1) is 14.1. The molecule has 0 spiro atoms. The topological polar surface area (TPSA) is 74.5 Å². The fourth-order valence-electron chi connectivity index (χ4n) is 1.57. The number of methoxy groups -OCH3 is 1. The third-order valence-electron chi connectivity index (χ3n) is 2.51. The Morgan fingerprint density at radius 1 is 1.35 bits per heavy atom. The molecule has 0 fully saturated rings. The number of nitro benzene ring substituents is 1. The highest BCUT2D eigenvalue weighted by Crippen LogP contribution is 2.31. The average Bonchev–Trinajstić information content (AvgIpc) is 2.44. The van der Waals surface area contributed by atoms with Crippen molar-refractivity contribution in [3.8, 4) is 11.5 Å². The quantitative estimate of drug-likeness (QED) is 0.481. The Balaban J connectivity index is 2.21. The maximum Gasteiger partial charge on any atom is 0.311 e. The summed E-state index contributed by atoms with van der Waals surface area (Å²) in [5, 5.41) is 11.3. The SMILES string of the molecule is COc1ccc([N+](=O)[O-])c(OCc2cccc(Cl)n2)c1. The van der Waals surface area contributed by atoms with E-state index < -0.39 is 4.92 Å². The van der Waals surface area contributed by atoms with Gasteiger partial charge in [0.05, 0.1) is 17.7 Å². The number of hydrogen-bond donors (Lipinski definition) is 0. The second kappa shape index (κ2) is 6.21. The van der Waals surface area contributed by atoms with Gasteiger partial charge in [0.25, 0.3) is 0 Å². The summed E-state index contributed by atoms with van der Waals surface area (Å²) >= 11 is 5.76. The molecule has 2 rings (SSSR count). The molecule has 0 atom stereocenters. The Kier molecular flexibility index (Phi) is 4.37. The van der Waals surface area contributed by atoms with Gasteiger partial charge < -0.3 is 9.47 Å². The monoisotopic (exact) mass is 294 g/mol. The first-order valence-electron chi connectivity index (χ1n) is 5.67. The fraction of sp³-hybridized carbons (Fsp3) is 0.154. The molecule has 0 saturated carbocycles. The molecule has 0 unspecified atom stereocenters. The molecule has 1 aromatic heterocycles. The van der Waals surface area contributed by atoms with E-state index >= 15 is 0 Å². The van der Waals surface area contributed by atoms with Gasteiger partial charge in [0.2, 0.25) is 5.75 Å². The molecule has 0 radical (unpaired) electrons. The molecule has 1 heterocycles. The minimum Gasteiger partial charge on any atom is -0.497 e. The molecule has 2 aromatic rings. The van der Waals surface area contributed by atoms with E-state index in [2.05, 4.69) is 4.98 Å². The van der Waals surface area contributed by atoms with Gasteiger partial charge in [0.1, 0.15) is 17.5 Å². The molecule has 0 saturated heterocycles. The van der Waals surface area contributed by atoms with Crippen LogP contribution in [0.1, 0.15) is 5.69 Å². The molecular formula is C13H11ClN2O4. The average molecular weight is 295 g/mol. The van der Waals surface area contributed by atoms with Crippen molar-refractivity contribution < 1.29 is 14.4 Å².